The van der Waals surface area contributed by atoms with Gasteiger partial charge in [-0.25, -0.2) is 17.6 Å². The fourth-order valence-corrected chi connectivity index (χ4v) is 5.63. The van der Waals surface area contributed by atoms with Crippen molar-refractivity contribution in [2.45, 2.75) is 17.9 Å². The smallest absolute Gasteiger partial charge is 0.317 e. The number of piperidine rings is 1. The Kier molecular flexibility index (Phi) is 5.01. The molecule has 1 saturated heterocycles. The van der Waals surface area contributed by atoms with E-state index in [1.54, 1.807) is 34.4 Å². The van der Waals surface area contributed by atoms with E-state index in [2.05, 4.69) is 15.3 Å². The normalized spacial score (nSPS) is 21.4. The summed E-state index contributed by atoms with van der Waals surface area (Å²) in [5.74, 6) is -0.689. The average molecular weight is 457 g/mol. The summed E-state index contributed by atoms with van der Waals surface area (Å²) in [5.41, 5.74) is 2.41. The zero-order valence-corrected chi connectivity index (χ0v) is 18.4. The van der Waals surface area contributed by atoms with E-state index in [1.165, 1.54) is 30.2 Å². The number of hydrogen-bond acceptors (Lipinski definition) is 6. The topological polar surface area (TPSA) is 95.1 Å². The molecule has 3 heterocycles. The van der Waals surface area contributed by atoms with Crippen molar-refractivity contribution in [1.29, 1.82) is 0 Å². The van der Waals surface area contributed by atoms with Crippen LogP contribution < -0.4 is 0 Å². The monoisotopic (exact) mass is 456 g/mol. The molecule has 0 saturated carbocycles. The number of methoxy groups -OCH3 is 1. The molecule has 2 aliphatic rings. The number of aromatic nitrogens is 5. The van der Waals surface area contributed by atoms with Crippen molar-refractivity contribution < 1.29 is 18.1 Å². The van der Waals surface area contributed by atoms with Gasteiger partial charge in [-0.2, -0.15) is 15.0 Å². The number of ether oxygens (including phenoxy) is 1. The molecule has 5 rings (SSSR count). The van der Waals surface area contributed by atoms with Crippen LogP contribution in [0.2, 0.25) is 0 Å². The second-order valence-corrected chi connectivity index (χ2v) is 9.33. The predicted molar refractivity (Wildman–Crippen MR) is 113 cm³/mol. The van der Waals surface area contributed by atoms with Crippen molar-refractivity contribution in [2.24, 2.45) is 12.5 Å². The molecule has 2 unspecified atom stereocenters. The van der Waals surface area contributed by atoms with Crippen molar-refractivity contribution >= 4 is 23.0 Å². The van der Waals surface area contributed by atoms with Crippen LogP contribution in [-0.4, -0.2) is 59.5 Å². The largest absolute Gasteiger partial charge is 0.468 e. The van der Waals surface area contributed by atoms with Crippen LogP contribution in [0.3, 0.4) is 0 Å². The number of carbonyl (C=O) groups excluding carboxylic acids is 1. The average Bonchev–Trinajstić information content (AvgIpc) is 3.42. The lowest BCUT2D eigenvalue weighted by atomic mass is 9.69. The number of halogens is 1. The molecule has 2 atom stereocenters. The van der Waals surface area contributed by atoms with Crippen LogP contribution in [0.5, 0.6) is 0 Å². The van der Waals surface area contributed by atoms with E-state index in [0.29, 0.717) is 24.4 Å². The standard InChI is InChI=1S/C21H21FN6O3S/c1-26-23-12-19(25-26)32(30)27-8-7-15-9-18-14(10-21(15,13-27)20(29)31-2)11-24-28(18)17-5-3-16(22)4-6-17/h3-6,9,11-12H,7-8,10,13H2,1-2H3. The first-order valence-electron chi connectivity index (χ1n) is 10.1. The molecule has 0 amide bonds. The summed E-state index contributed by atoms with van der Waals surface area (Å²) in [6.45, 7) is 0.726. The van der Waals surface area contributed by atoms with Crippen LogP contribution in [0.1, 0.15) is 17.7 Å². The summed E-state index contributed by atoms with van der Waals surface area (Å²) in [4.78, 5) is 14.4. The van der Waals surface area contributed by atoms with Gasteiger partial charge in [0, 0.05) is 20.1 Å². The van der Waals surface area contributed by atoms with Gasteiger partial charge >= 0.3 is 5.97 Å². The Morgan fingerprint density at radius 1 is 1.22 bits per heavy atom. The van der Waals surface area contributed by atoms with Gasteiger partial charge in [-0.3, -0.25) is 4.79 Å². The van der Waals surface area contributed by atoms with Crippen LogP contribution >= 0.6 is 0 Å². The van der Waals surface area contributed by atoms with Crippen LogP contribution in [0.25, 0.3) is 11.8 Å². The number of fused-ring (bicyclic) bond motifs is 2. The van der Waals surface area contributed by atoms with Crippen LogP contribution in [0, 0.1) is 11.2 Å². The summed E-state index contributed by atoms with van der Waals surface area (Å²) in [6.07, 6.45) is 6.06. The number of esters is 1. The molecule has 0 N–H and O–H groups in total. The van der Waals surface area contributed by atoms with Gasteiger partial charge < -0.3 is 4.74 Å². The minimum absolute atomic E-state index is 0.232. The Morgan fingerprint density at radius 2 is 2.00 bits per heavy atom. The van der Waals surface area contributed by atoms with E-state index < -0.39 is 16.4 Å². The maximum atomic E-state index is 13.4. The SMILES string of the molecule is COC(=O)C12Cc3cnn(-c4ccc(F)cc4)c3C=C1CCN(S(=O)c1cnn(C)n1)C2. The lowest BCUT2D eigenvalue weighted by Crippen LogP contribution is -2.52. The van der Waals surface area contributed by atoms with E-state index in [4.69, 9.17) is 4.74 Å². The second kappa shape index (κ2) is 7.75. The van der Waals surface area contributed by atoms with Gasteiger partial charge in [-0.15, -0.1) is 5.10 Å². The number of nitrogens with zero attached hydrogens (tertiary/aromatic N) is 6. The fraction of sp³-hybridized carbons (Fsp3) is 0.333. The first kappa shape index (κ1) is 20.7. The van der Waals surface area contributed by atoms with Gasteiger partial charge in [-0.05, 0) is 54.3 Å². The van der Waals surface area contributed by atoms with Crippen molar-refractivity contribution in [3.8, 4) is 5.69 Å². The summed E-state index contributed by atoms with van der Waals surface area (Å²) in [6, 6.07) is 6.10. The van der Waals surface area contributed by atoms with E-state index in [1.807, 2.05) is 6.08 Å². The maximum Gasteiger partial charge on any atom is 0.317 e. The van der Waals surface area contributed by atoms with Crippen LogP contribution in [-0.2, 0) is 34.0 Å². The molecule has 11 heteroatoms. The Bertz CT molecular complexity index is 1250. The van der Waals surface area contributed by atoms with E-state index >= 15 is 0 Å². The van der Waals surface area contributed by atoms with Gasteiger partial charge in [-0.1, -0.05) is 0 Å². The third-order valence-electron chi connectivity index (χ3n) is 6.02. The van der Waals surface area contributed by atoms with Crippen molar-refractivity contribution in [3.63, 3.8) is 0 Å². The fourth-order valence-electron chi connectivity index (χ4n) is 4.45. The Hall–Kier alpha value is -3.18. The van der Waals surface area contributed by atoms with E-state index in [0.717, 1.165) is 22.5 Å². The molecule has 1 aromatic carbocycles. The molecule has 0 spiro atoms. The quantitative estimate of drug-likeness (QED) is 0.555. The molecule has 9 nitrogen and oxygen atoms in total. The van der Waals surface area contributed by atoms with Crippen molar-refractivity contribution in [1.82, 2.24) is 29.1 Å². The first-order chi connectivity index (χ1) is 15.4. The third-order valence-corrected chi connectivity index (χ3v) is 7.35. The van der Waals surface area contributed by atoms with E-state index in [-0.39, 0.29) is 18.3 Å². The highest BCUT2D eigenvalue weighted by atomic mass is 32.2. The second-order valence-electron chi connectivity index (χ2n) is 7.90. The van der Waals surface area contributed by atoms with Gasteiger partial charge in [0.05, 0.1) is 30.9 Å². The molecule has 0 bridgehead atoms. The molecular formula is C21H21FN6O3S. The highest BCUT2D eigenvalue weighted by Gasteiger charge is 2.50. The summed E-state index contributed by atoms with van der Waals surface area (Å²) >= 11 is 0. The molecule has 1 aliphatic heterocycles. The zero-order valence-electron chi connectivity index (χ0n) is 17.6. The minimum atomic E-state index is -1.55. The summed E-state index contributed by atoms with van der Waals surface area (Å²) in [5, 5.41) is 13.0. The molecule has 166 valence electrons. The molecule has 0 radical (unpaired) electrons. The lowest BCUT2D eigenvalue weighted by Gasteiger charge is -2.43. The lowest BCUT2D eigenvalue weighted by molar-refractivity contribution is -0.151. The minimum Gasteiger partial charge on any atom is -0.468 e. The van der Waals surface area contributed by atoms with Gasteiger partial charge in [0.25, 0.3) is 0 Å². The summed E-state index contributed by atoms with van der Waals surface area (Å²) < 4.78 is 35.2. The number of hydrogen-bond donors (Lipinski definition) is 0. The third kappa shape index (κ3) is 3.28. The van der Waals surface area contributed by atoms with Crippen molar-refractivity contribution in [3.05, 3.63) is 59.3 Å². The molecule has 2 aromatic heterocycles. The Morgan fingerprint density at radius 3 is 2.69 bits per heavy atom. The van der Waals surface area contributed by atoms with Crippen molar-refractivity contribution in [2.75, 3.05) is 20.2 Å². The number of carbonyl (C=O) groups is 1. The maximum absolute atomic E-state index is 13.4. The number of benzene rings is 1. The van der Waals surface area contributed by atoms with E-state index in [9.17, 15) is 13.4 Å². The van der Waals surface area contributed by atoms with Gasteiger partial charge in [0.15, 0.2) is 5.03 Å². The molecule has 3 aromatic rings. The number of aryl methyl sites for hydroxylation is 1. The Balaban J connectivity index is 1.52. The zero-order chi connectivity index (χ0) is 22.5. The molecule has 1 fully saturated rings. The van der Waals surface area contributed by atoms with Crippen LogP contribution in [0.4, 0.5) is 4.39 Å². The van der Waals surface area contributed by atoms with Gasteiger partial charge in [0.1, 0.15) is 22.2 Å². The van der Waals surface area contributed by atoms with Gasteiger partial charge in [0.2, 0.25) is 0 Å². The first-order valence-corrected chi connectivity index (χ1v) is 11.2. The highest BCUT2D eigenvalue weighted by molar-refractivity contribution is 7.82. The summed E-state index contributed by atoms with van der Waals surface area (Å²) in [7, 11) is 1.48. The Labute approximate surface area is 186 Å². The number of rotatable bonds is 4. The molecule has 1 aliphatic carbocycles. The molecule has 32 heavy (non-hydrogen) atoms. The van der Waals surface area contributed by atoms with Crippen LogP contribution in [0.15, 0.2) is 47.3 Å². The molecular weight excluding hydrogens is 435 g/mol. The predicted octanol–water partition coefficient (Wildman–Crippen LogP) is 1.67. The highest BCUT2D eigenvalue weighted by Crippen LogP contribution is 2.45.